The van der Waals surface area contributed by atoms with Crippen molar-refractivity contribution in [3.05, 3.63) is 48.0 Å². The van der Waals surface area contributed by atoms with Gasteiger partial charge in [-0.1, -0.05) is 36.4 Å². The minimum Gasteiger partial charge on any atom is -0.310 e. The number of hydrogen-bond acceptors (Lipinski definition) is 2. The number of benzene rings is 2. The maximum atomic E-state index is 12.0. The molecule has 1 N–H and O–H groups in total. The quantitative estimate of drug-likeness (QED) is 0.848. The lowest BCUT2D eigenvalue weighted by Gasteiger charge is -2.09. The van der Waals surface area contributed by atoms with Crippen molar-refractivity contribution in [3.8, 4) is 0 Å². The van der Waals surface area contributed by atoms with Gasteiger partial charge in [0.25, 0.3) is 0 Å². The second-order valence-corrected chi connectivity index (χ2v) is 3.94. The molecule has 2 aromatic carbocycles. The van der Waals surface area contributed by atoms with Crippen molar-refractivity contribution in [3.63, 3.8) is 0 Å². The fraction of sp³-hybridized carbons (Fsp3) is 0.214. The predicted octanol–water partition coefficient (Wildman–Crippen LogP) is 3.05. The topological polar surface area (TPSA) is 29.1 Å². The Labute approximate surface area is 107 Å². The highest BCUT2D eigenvalue weighted by molar-refractivity contribution is 6.02. The summed E-state index contributed by atoms with van der Waals surface area (Å²) in [5.74, 6) is 0.133. The van der Waals surface area contributed by atoms with Crippen molar-refractivity contribution in [2.24, 2.45) is 0 Å². The fourth-order valence-electron chi connectivity index (χ4n) is 1.72. The number of Topliss-reactive ketones (excluding diaryl/α,β-unsaturated/α-hetero) is 1. The summed E-state index contributed by atoms with van der Waals surface area (Å²) in [6.45, 7) is 1.87. The van der Waals surface area contributed by atoms with Crippen molar-refractivity contribution in [2.75, 3.05) is 7.05 Å². The molecule has 17 heavy (non-hydrogen) atoms. The van der Waals surface area contributed by atoms with Gasteiger partial charge in [0.1, 0.15) is 0 Å². The van der Waals surface area contributed by atoms with E-state index in [2.05, 4.69) is 5.32 Å². The number of carbonyl (C=O) groups excluding carboxylic acids is 1. The first-order valence-corrected chi connectivity index (χ1v) is 5.42. The number of likely N-dealkylation sites (N-methyl/N-ethyl adjacent to an activating group) is 1. The van der Waals surface area contributed by atoms with Crippen molar-refractivity contribution in [1.82, 2.24) is 5.32 Å². The molecule has 90 valence electrons. The van der Waals surface area contributed by atoms with Crippen LogP contribution in [0.3, 0.4) is 0 Å². The molecule has 1 unspecified atom stereocenters. The summed E-state index contributed by atoms with van der Waals surface area (Å²) in [7, 11) is 1.80. The fourth-order valence-corrected chi connectivity index (χ4v) is 1.72. The monoisotopic (exact) mass is 249 g/mol. The Morgan fingerprint density at radius 3 is 2.41 bits per heavy atom. The Kier molecular flexibility index (Phi) is 4.67. The summed E-state index contributed by atoms with van der Waals surface area (Å²) in [6, 6.07) is 13.7. The van der Waals surface area contributed by atoms with Gasteiger partial charge in [0.05, 0.1) is 6.04 Å². The Morgan fingerprint density at radius 1 is 1.12 bits per heavy atom. The van der Waals surface area contributed by atoms with E-state index < -0.39 is 0 Å². The van der Waals surface area contributed by atoms with Gasteiger partial charge >= 0.3 is 0 Å². The smallest absolute Gasteiger partial charge is 0.179 e. The Hall–Kier alpha value is -1.38. The van der Waals surface area contributed by atoms with Crippen LogP contribution < -0.4 is 5.32 Å². The van der Waals surface area contributed by atoms with Gasteiger partial charge in [0.2, 0.25) is 0 Å². The van der Waals surface area contributed by atoms with Gasteiger partial charge in [-0.15, -0.1) is 12.4 Å². The summed E-state index contributed by atoms with van der Waals surface area (Å²) in [4.78, 5) is 12.0. The molecule has 1 atom stereocenters. The van der Waals surface area contributed by atoms with E-state index in [1.807, 2.05) is 49.4 Å². The van der Waals surface area contributed by atoms with Crippen LogP contribution >= 0.6 is 12.4 Å². The van der Waals surface area contributed by atoms with Gasteiger partial charge in [0.15, 0.2) is 5.78 Å². The lowest BCUT2D eigenvalue weighted by atomic mass is 10.0. The van der Waals surface area contributed by atoms with Crippen LogP contribution in [0.15, 0.2) is 42.5 Å². The van der Waals surface area contributed by atoms with Crippen LogP contribution in [-0.2, 0) is 0 Å². The second-order valence-electron chi connectivity index (χ2n) is 3.94. The molecule has 0 aliphatic heterocycles. The van der Waals surface area contributed by atoms with Crippen LogP contribution in [0.5, 0.6) is 0 Å². The van der Waals surface area contributed by atoms with Crippen molar-refractivity contribution < 1.29 is 4.79 Å². The molecular formula is C14H16ClNO. The highest BCUT2D eigenvalue weighted by atomic mass is 35.5. The van der Waals surface area contributed by atoms with E-state index in [-0.39, 0.29) is 24.2 Å². The van der Waals surface area contributed by atoms with Crippen LogP contribution in [0.4, 0.5) is 0 Å². The number of halogens is 1. The van der Waals surface area contributed by atoms with Crippen LogP contribution in [0.2, 0.25) is 0 Å². The number of ketones is 1. The zero-order chi connectivity index (χ0) is 11.5. The van der Waals surface area contributed by atoms with Crippen molar-refractivity contribution >= 4 is 29.0 Å². The molecule has 0 saturated carbocycles. The van der Waals surface area contributed by atoms with Crippen LogP contribution in [0.1, 0.15) is 17.3 Å². The molecule has 0 amide bonds. The number of fused-ring (bicyclic) bond motifs is 1. The summed E-state index contributed by atoms with van der Waals surface area (Å²) >= 11 is 0. The first-order valence-electron chi connectivity index (χ1n) is 5.42. The van der Waals surface area contributed by atoms with E-state index in [1.165, 1.54) is 0 Å². The van der Waals surface area contributed by atoms with Gasteiger partial charge in [-0.3, -0.25) is 4.79 Å². The molecule has 3 heteroatoms. The molecule has 2 rings (SSSR count). The molecular weight excluding hydrogens is 234 g/mol. The molecule has 0 saturated heterocycles. The minimum absolute atomic E-state index is 0. The molecule has 2 nitrogen and oxygen atoms in total. The standard InChI is InChI=1S/C14H15NO.ClH/c1-10(15-2)14(16)13-8-7-11-5-3-4-6-12(11)9-13;/h3-10,15H,1-2H3;1H. The lowest BCUT2D eigenvalue weighted by Crippen LogP contribution is -2.30. The van der Waals surface area contributed by atoms with Gasteiger partial charge in [-0.25, -0.2) is 0 Å². The number of nitrogens with one attached hydrogen (secondary N) is 1. The van der Waals surface area contributed by atoms with E-state index in [0.717, 1.165) is 16.3 Å². The van der Waals surface area contributed by atoms with Crippen molar-refractivity contribution in [2.45, 2.75) is 13.0 Å². The van der Waals surface area contributed by atoms with E-state index in [9.17, 15) is 4.79 Å². The van der Waals surface area contributed by atoms with Crippen LogP contribution in [0.25, 0.3) is 10.8 Å². The highest BCUT2D eigenvalue weighted by Crippen LogP contribution is 2.16. The van der Waals surface area contributed by atoms with Crippen LogP contribution in [0, 0.1) is 0 Å². The maximum Gasteiger partial charge on any atom is 0.179 e. The normalized spacial score (nSPS) is 11.9. The molecule has 0 aromatic heterocycles. The average molecular weight is 250 g/mol. The Bertz CT molecular complexity index is 524. The lowest BCUT2D eigenvalue weighted by molar-refractivity contribution is 0.0955. The van der Waals surface area contributed by atoms with Gasteiger partial charge in [-0.2, -0.15) is 0 Å². The largest absolute Gasteiger partial charge is 0.310 e. The molecule has 0 radical (unpaired) electrons. The third kappa shape index (κ3) is 2.84. The molecule has 0 spiro atoms. The Morgan fingerprint density at radius 2 is 1.76 bits per heavy atom. The SMILES string of the molecule is CNC(C)C(=O)c1ccc2ccccc2c1.Cl. The number of hydrogen-bond donors (Lipinski definition) is 1. The third-order valence-electron chi connectivity index (χ3n) is 2.86. The van der Waals surface area contributed by atoms with E-state index in [1.54, 1.807) is 7.05 Å². The first-order chi connectivity index (χ1) is 7.72. The molecule has 0 aliphatic carbocycles. The summed E-state index contributed by atoms with van der Waals surface area (Å²) in [5, 5.41) is 5.23. The van der Waals surface area contributed by atoms with Gasteiger partial charge in [-0.05, 0) is 30.8 Å². The zero-order valence-corrected chi connectivity index (χ0v) is 10.8. The molecule has 0 fully saturated rings. The molecule has 2 aromatic rings. The Balaban J connectivity index is 0.00000144. The molecule has 0 heterocycles. The summed E-state index contributed by atoms with van der Waals surface area (Å²) in [6.07, 6.45) is 0. The number of carbonyl (C=O) groups is 1. The molecule has 0 aliphatic rings. The van der Waals surface area contributed by atoms with E-state index in [0.29, 0.717) is 0 Å². The molecule has 0 bridgehead atoms. The average Bonchev–Trinajstić information content (AvgIpc) is 2.36. The van der Waals surface area contributed by atoms with E-state index >= 15 is 0 Å². The van der Waals surface area contributed by atoms with Crippen LogP contribution in [-0.4, -0.2) is 18.9 Å². The van der Waals surface area contributed by atoms with Gasteiger partial charge in [0, 0.05) is 5.56 Å². The highest BCUT2D eigenvalue weighted by Gasteiger charge is 2.12. The number of rotatable bonds is 3. The minimum atomic E-state index is -0.138. The zero-order valence-electron chi connectivity index (χ0n) is 9.94. The van der Waals surface area contributed by atoms with Gasteiger partial charge < -0.3 is 5.32 Å². The maximum absolute atomic E-state index is 12.0. The first kappa shape index (κ1) is 13.7. The summed E-state index contributed by atoms with van der Waals surface area (Å²) < 4.78 is 0. The predicted molar refractivity (Wildman–Crippen MR) is 74.0 cm³/mol. The second kappa shape index (κ2) is 5.80. The van der Waals surface area contributed by atoms with Crippen molar-refractivity contribution in [1.29, 1.82) is 0 Å². The van der Waals surface area contributed by atoms with E-state index in [4.69, 9.17) is 0 Å². The third-order valence-corrected chi connectivity index (χ3v) is 2.86. The summed E-state index contributed by atoms with van der Waals surface area (Å²) in [5.41, 5.74) is 0.764.